The number of benzene rings is 1. The van der Waals surface area contributed by atoms with Crippen LogP contribution in [0.2, 0.25) is 0 Å². The van der Waals surface area contributed by atoms with Gasteiger partial charge in [-0.05, 0) is 93.4 Å². The molecule has 0 amide bonds. The molecule has 1 aliphatic heterocycles. The summed E-state index contributed by atoms with van der Waals surface area (Å²) in [6.07, 6.45) is 10.3. The van der Waals surface area contributed by atoms with Gasteiger partial charge in [-0.2, -0.15) is 10.5 Å². The van der Waals surface area contributed by atoms with Gasteiger partial charge in [0.15, 0.2) is 5.76 Å². The lowest BCUT2D eigenvalue weighted by Crippen LogP contribution is -2.20. The van der Waals surface area contributed by atoms with Crippen molar-refractivity contribution < 1.29 is 9.47 Å². The maximum absolute atomic E-state index is 9.79. The van der Waals surface area contributed by atoms with Crippen molar-refractivity contribution in [3.05, 3.63) is 110 Å². The highest BCUT2D eigenvalue weighted by Gasteiger charge is 2.37. The van der Waals surface area contributed by atoms with Gasteiger partial charge in [-0.25, -0.2) is 0 Å². The number of fused-ring (bicyclic) bond motifs is 1. The summed E-state index contributed by atoms with van der Waals surface area (Å²) in [5.41, 5.74) is 6.73. The minimum Gasteiger partial charge on any atom is -0.497 e. The lowest BCUT2D eigenvalue weighted by atomic mass is 9.94. The summed E-state index contributed by atoms with van der Waals surface area (Å²) < 4.78 is 13.6. The third-order valence-corrected chi connectivity index (χ3v) is 8.12. The van der Waals surface area contributed by atoms with E-state index in [1.165, 1.54) is 16.6 Å². The summed E-state index contributed by atoms with van der Waals surface area (Å²) in [5, 5.41) is 19.1. The average Bonchev–Trinajstić information content (AvgIpc) is 3.62. The Morgan fingerprint density at radius 3 is 2.33 bits per heavy atom. The van der Waals surface area contributed by atoms with Crippen molar-refractivity contribution >= 4 is 35.1 Å². The molecule has 40 heavy (non-hydrogen) atoms. The normalized spacial score (nSPS) is 16.0. The summed E-state index contributed by atoms with van der Waals surface area (Å²) in [6, 6.07) is 22.9. The number of hydrogen-bond donors (Lipinski definition) is 0. The molecule has 0 fully saturated rings. The van der Waals surface area contributed by atoms with Crippen LogP contribution >= 0.6 is 11.3 Å². The van der Waals surface area contributed by atoms with E-state index in [1.807, 2.05) is 44.2 Å². The van der Waals surface area contributed by atoms with Gasteiger partial charge in [-0.1, -0.05) is 24.3 Å². The van der Waals surface area contributed by atoms with Gasteiger partial charge >= 0.3 is 0 Å². The fraction of sp³-hybridized carbons (Fsp3) is 0.176. The van der Waals surface area contributed by atoms with Gasteiger partial charge < -0.3 is 13.9 Å². The van der Waals surface area contributed by atoms with Crippen LogP contribution in [0.4, 0.5) is 0 Å². The average molecular weight is 544 g/mol. The SMILES string of the molecule is COc1ccc(-c2c(C)c3ccccn3c2/C=C/c2ccc(/C=C/C3=C(C#N)C(=C(/C)C#N)/OC3(C)C)s2)cc1. The highest BCUT2D eigenvalue weighted by Crippen LogP contribution is 2.41. The summed E-state index contributed by atoms with van der Waals surface area (Å²) in [6.45, 7) is 7.66. The van der Waals surface area contributed by atoms with Crippen LogP contribution in [-0.4, -0.2) is 17.1 Å². The largest absolute Gasteiger partial charge is 0.497 e. The number of hydrogen-bond acceptors (Lipinski definition) is 5. The molecule has 0 N–H and O–H groups in total. The lowest BCUT2D eigenvalue weighted by Gasteiger charge is -2.20. The molecule has 0 bridgehead atoms. The number of nitriles is 2. The summed E-state index contributed by atoms with van der Waals surface area (Å²) in [7, 11) is 1.68. The second-order valence-electron chi connectivity index (χ2n) is 10.1. The van der Waals surface area contributed by atoms with Gasteiger partial charge in [0, 0.05) is 32.6 Å². The quantitative estimate of drug-likeness (QED) is 0.228. The van der Waals surface area contributed by atoms with Gasteiger partial charge in [0.1, 0.15) is 23.0 Å². The van der Waals surface area contributed by atoms with E-state index < -0.39 is 5.60 Å². The van der Waals surface area contributed by atoms with E-state index in [0.29, 0.717) is 16.9 Å². The smallest absolute Gasteiger partial charge is 0.152 e. The Morgan fingerprint density at radius 1 is 0.975 bits per heavy atom. The maximum atomic E-state index is 9.79. The molecule has 4 heterocycles. The molecule has 6 heteroatoms. The first-order chi connectivity index (χ1) is 19.3. The number of rotatable bonds is 6. The highest BCUT2D eigenvalue weighted by atomic mass is 32.1. The highest BCUT2D eigenvalue weighted by molar-refractivity contribution is 7.13. The summed E-state index contributed by atoms with van der Waals surface area (Å²) >= 11 is 1.66. The standard InChI is InChI=1S/C34H29N3O2S/c1-22(20-35)33-28(21-36)29(34(3,4)39-33)17-15-26-13-14-27(40-26)16-18-31-32(24-9-11-25(38-5)12-10-24)23(2)30-8-6-7-19-37(30)31/h6-19H,1-5H3/b17-15+,18-16+,33-22+. The van der Waals surface area contributed by atoms with E-state index in [9.17, 15) is 10.5 Å². The van der Waals surface area contributed by atoms with E-state index in [4.69, 9.17) is 9.47 Å². The van der Waals surface area contributed by atoms with Gasteiger partial charge in [0.05, 0.1) is 24.4 Å². The predicted octanol–water partition coefficient (Wildman–Crippen LogP) is 8.59. The molecule has 1 aliphatic rings. The van der Waals surface area contributed by atoms with Crippen LogP contribution in [0.25, 0.3) is 34.9 Å². The molecular formula is C34H29N3O2S. The number of thiophene rings is 1. The number of pyridine rings is 1. The van der Waals surface area contributed by atoms with E-state index >= 15 is 0 Å². The summed E-state index contributed by atoms with van der Waals surface area (Å²) in [5.74, 6) is 1.20. The van der Waals surface area contributed by atoms with Crippen molar-refractivity contribution in [2.24, 2.45) is 0 Å². The molecule has 4 aromatic rings. The minimum atomic E-state index is -0.694. The van der Waals surface area contributed by atoms with Crippen molar-refractivity contribution in [2.75, 3.05) is 7.11 Å². The molecule has 0 saturated heterocycles. The van der Waals surface area contributed by atoms with Crippen LogP contribution in [0.5, 0.6) is 5.75 Å². The van der Waals surface area contributed by atoms with E-state index in [-0.39, 0.29) is 0 Å². The van der Waals surface area contributed by atoms with Crippen LogP contribution in [0, 0.1) is 29.6 Å². The molecule has 198 valence electrons. The Kier molecular flexibility index (Phi) is 7.22. The molecule has 3 aromatic heterocycles. The fourth-order valence-corrected chi connectivity index (χ4v) is 5.87. The van der Waals surface area contributed by atoms with Crippen LogP contribution in [0.3, 0.4) is 0 Å². The topological polar surface area (TPSA) is 70.5 Å². The van der Waals surface area contributed by atoms with Crippen molar-refractivity contribution in [2.45, 2.75) is 33.3 Å². The molecule has 1 aromatic carbocycles. The molecule has 0 atom stereocenters. The van der Waals surface area contributed by atoms with E-state index in [0.717, 1.165) is 32.3 Å². The van der Waals surface area contributed by atoms with Crippen LogP contribution in [-0.2, 0) is 4.74 Å². The molecular weight excluding hydrogens is 514 g/mol. The second-order valence-corrected chi connectivity index (χ2v) is 11.2. The number of nitrogens with zero attached hydrogens (tertiary/aromatic N) is 3. The molecule has 0 spiro atoms. The molecule has 5 rings (SSSR count). The monoisotopic (exact) mass is 543 g/mol. The number of allylic oxidation sites excluding steroid dienone is 2. The second kappa shape index (κ2) is 10.8. The molecule has 0 saturated carbocycles. The predicted molar refractivity (Wildman–Crippen MR) is 163 cm³/mol. The molecule has 0 unspecified atom stereocenters. The lowest BCUT2D eigenvalue weighted by molar-refractivity contribution is 0.0949. The minimum absolute atomic E-state index is 0.367. The molecule has 0 radical (unpaired) electrons. The van der Waals surface area contributed by atoms with Crippen molar-refractivity contribution in [3.63, 3.8) is 0 Å². The van der Waals surface area contributed by atoms with E-state index in [2.05, 4.69) is 78.2 Å². The van der Waals surface area contributed by atoms with Gasteiger partial charge in [-0.15, -0.1) is 11.3 Å². The first kappa shape index (κ1) is 26.8. The third kappa shape index (κ3) is 4.86. The number of ether oxygens (including phenoxy) is 2. The van der Waals surface area contributed by atoms with Crippen molar-refractivity contribution in [3.8, 4) is 29.0 Å². The zero-order valence-corrected chi connectivity index (χ0v) is 24.0. The number of aromatic nitrogens is 1. The zero-order valence-electron chi connectivity index (χ0n) is 23.1. The zero-order chi connectivity index (χ0) is 28.4. The van der Waals surface area contributed by atoms with Crippen molar-refractivity contribution in [1.82, 2.24) is 4.40 Å². The Morgan fingerprint density at radius 2 is 1.68 bits per heavy atom. The Labute approximate surface area is 238 Å². The van der Waals surface area contributed by atoms with E-state index in [1.54, 1.807) is 25.4 Å². The Bertz CT molecular complexity index is 1810. The number of methoxy groups -OCH3 is 1. The third-order valence-electron chi connectivity index (χ3n) is 7.10. The Balaban J connectivity index is 1.48. The van der Waals surface area contributed by atoms with Crippen LogP contribution in [0.1, 0.15) is 41.8 Å². The van der Waals surface area contributed by atoms with Crippen molar-refractivity contribution in [1.29, 1.82) is 10.5 Å². The molecule has 0 aliphatic carbocycles. The van der Waals surface area contributed by atoms with Gasteiger partial charge in [0.25, 0.3) is 0 Å². The van der Waals surface area contributed by atoms with Crippen LogP contribution in [0.15, 0.2) is 89.3 Å². The van der Waals surface area contributed by atoms with Gasteiger partial charge in [0.2, 0.25) is 0 Å². The molecule has 5 nitrogen and oxygen atoms in total. The van der Waals surface area contributed by atoms with Gasteiger partial charge in [-0.3, -0.25) is 0 Å². The maximum Gasteiger partial charge on any atom is 0.152 e. The first-order valence-electron chi connectivity index (χ1n) is 12.9. The fourth-order valence-electron chi connectivity index (χ4n) is 5.05. The van der Waals surface area contributed by atoms with Crippen LogP contribution < -0.4 is 4.74 Å². The first-order valence-corrected chi connectivity index (χ1v) is 13.7. The number of aryl methyl sites for hydroxylation is 1. The Hall–Kier alpha value is -4.78. The summed E-state index contributed by atoms with van der Waals surface area (Å²) in [4.78, 5) is 2.17.